The summed E-state index contributed by atoms with van der Waals surface area (Å²) in [5.74, 6) is -0.168. The summed E-state index contributed by atoms with van der Waals surface area (Å²) in [4.78, 5) is 23.9. The summed E-state index contributed by atoms with van der Waals surface area (Å²) in [6.45, 7) is 1.74. The van der Waals surface area contributed by atoms with Crippen LogP contribution in [0.3, 0.4) is 0 Å². The van der Waals surface area contributed by atoms with E-state index in [2.05, 4.69) is 16.0 Å². The molecule has 110 valence electrons. The number of anilines is 1. The number of hydrogen-bond donors (Lipinski definition) is 3. The van der Waals surface area contributed by atoms with Crippen molar-refractivity contribution in [2.24, 2.45) is 5.92 Å². The number of rotatable bonds is 3. The van der Waals surface area contributed by atoms with Crippen LogP contribution in [-0.4, -0.2) is 32.0 Å². The van der Waals surface area contributed by atoms with Crippen LogP contribution in [0.5, 0.6) is 0 Å². The molecule has 1 aliphatic heterocycles. The molecule has 20 heavy (non-hydrogen) atoms. The van der Waals surface area contributed by atoms with Crippen LogP contribution in [0.25, 0.3) is 0 Å². The van der Waals surface area contributed by atoms with Crippen molar-refractivity contribution in [2.75, 3.05) is 25.5 Å². The minimum atomic E-state index is -0.193. The molecular weight excluding hydrogens is 278 g/mol. The van der Waals surface area contributed by atoms with Crippen LogP contribution in [0.4, 0.5) is 5.69 Å². The zero-order valence-electron chi connectivity index (χ0n) is 11.4. The molecule has 0 aliphatic carbocycles. The van der Waals surface area contributed by atoms with Crippen LogP contribution < -0.4 is 16.0 Å². The summed E-state index contributed by atoms with van der Waals surface area (Å²) >= 11 is 0. The van der Waals surface area contributed by atoms with Gasteiger partial charge in [-0.15, -0.1) is 12.4 Å². The van der Waals surface area contributed by atoms with E-state index in [1.54, 1.807) is 25.2 Å². The number of benzene rings is 1. The fourth-order valence-electron chi connectivity index (χ4n) is 2.24. The monoisotopic (exact) mass is 297 g/mol. The summed E-state index contributed by atoms with van der Waals surface area (Å²) in [6.07, 6.45) is 1.68. The van der Waals surface area contributed by atoms with Gasteiger partial charge in [0.05, 0.1) is 11.3 Å². The predicted octanol–water partition coefficient (Wildman–Crippen LogP) is 1.41. The van der Waals surface area contributed by atoms with Crippen molar-refractivity contribution in [1.82, 2.24) is 10.6 Å². The molecule has 0 bridgehead atoms. The van der Waals surface area contributed by atoms with Gasteiger partial charge in [0.1, 0.15) is 0 Å². The van der Waals surface area contributed by atoms with Crippen LogP contribution in [-0.2, 0) is 4.79 Å². The van der Waals surface area contributed by atoms with Gasteiger partial charge in [-0.05, 0) is 38.1 Å². The second-order valence-corrected chi connectivity index (χ2v) is 4.64. The number of amides is 2. The molecule has 5 nitrogen and oxygen atoms in total. The Morgan fingerprint density at radius 3 is 2.50 bits per heavy atom. The molecular formula is C14H20ClN3O2. The lowest BCUT2D eigenvalue weighted by Gasteiger charge is -2.22. The normalized spacial score (nSPS) is 15.1. The Labute approximate surface area is 124 Å². The molecule has 0 atom stereocenters. The highest BCUT2D eigenvalue weighted by molar-refractivity contribution is 6.04. The van der Waals surface area contributed by atoms with Gasteiger partial charge in [0.25, 0.3) is 5.91 Å². The van der Waals surface area contributed by atoms with Crippen molar-refractivity contribution >= 4 is 29.9 Å². The molecule has 0 aromatic heterocycles. The van der Waals surface area contributed by atoms with Crippen LogP contribution in [0.15, 0.2) is 24.3 Å². The van der Waals surface area contributed by atoms with Crippen molar-refractivity contribution in [2.45, 2.75) is 12.8 Å². The number of carbonyl (C=O) groups is 2. The summed E-state index contributed by atoms with van der Waals surface area (Å²) in [7, 11) is 1.58. The van der Waals surface area contributed by atoms with Crippen molar-refractivity contribution in [3.8, 4) is 0 Å². The van der Waals surface area contributed by atoms with Gasteiger partial charge in [0.2, 0.25) is 5.91 Å². The summed E-state index contributed by atoms with van der Waals surface area (Å²) < 4.78 is 0. The van der Waals surface area contributed by atoms with Gasteiger partial charge in [0, 0.05) is 13.0 Å². The van der Waals surface area contributed by atoms with Crippen LogP contribution in [0, 0.1) is 5.92 Å². The summed E-state index contributed by atoms with van der Waals surface area (Å²) in [5, 5.41) is 8.67. The number of carbonyl (C=O) groups excluding carboxylic acids is 2. The Balaban J connectivity index is 0.00000200. The van der Waals surface area contributed by atoms with Crippen LogP contribution in [0.2, 0.25) is 0 Å². The minimum Gasteiger partial charge on any atom is -0.355 e. The average Bonchev–Trinajstić information content (AvgIpc) is 2.48. The Morgan fingerprint density at radius 2 is 1.85 bits per heavy atom. The van der Waals surface area contributed by atoms with Gasteiger partial charge in [-0.2, -0.15) is 0 Å². The van der Waals surface area contributed by atoms with Gasteiger partial charge < -0.3 is 16.0 Å². The first-order chi connectivity index (χ1) is 9.22. The Bertz CT molecular complexity index is 473. The Hall–Kier alpha value is -1.59. The number of halogens is 1. The second-order valence-electron chi connectivity index (χ2n) is 4.64. The molecule has 0 unspecified atom stereocenters. The minimum absolute atomic E-state index is 0. The van der Waals surface area contributed by atoms with E-state index in [0.29, 0.717) is 11.3 Å². The van der Waals surface area contributed by atoms with E-state index in [0.717, 1.165) is 25.9 Å². The third kappa shape index (κ3) is 3.95. The molecule has 1 fully saturated rings. The highest BCUT2D eigenvalue weighted by Gasteiger charge is 2.22. The molecule has 0 spiro atoms. The lowest BCUT2D eigenvalue weighted by molar-refractivity contribution is -0.120. The molecule has 1 aromatic carbocycles. The molecule has 1 saturated heterocycles. The van der Waals surface area contributed by atoms with Gasteiger partial charge >= 0.3 is 0 Å². The summed E-state index contributed by atoms with van der Waals surface area (Å²) in [5.41, 5.74) is 1.07. The Morgan fingerprint density at radius 1 is 1.20 bits per heavy atom. The zero-order chi connectivity index (χ0) is 13.7. The molecule has 3 N–H and O–H groups in total. The molecule has 6 heteroatoms. The fraction of sp³-hybridized carbons (Fsp3) is 0.429. The number of para-hydroxylation sites is 1. The maximum atomic E-state index is 12.2. The fourth-order valence-corrected chi connectivity index (χ4v) is 2.24. The van der Waals surface area contributed by atoms with E-state index >= 15 is 0 Å². The van der Waals surface area contributed by atoms with E-state index < -0.39 is 0 Å². The molecule has 2 amide bonds. The van der Waals surface area contributed by atoms with E-state index in [-0.39, 0.29) is 30.1 Å². The third-order valence-corrected chi connectivity index (χ3v) is 3.37. The van der Waals surface area contributed by atoms with E-state index in [4.69, 9.17) is 0 Å². The molecule has 2 rings (SSSR count). The van der Waals surface area contributed by atoms with E-state index in [1.807, 2.05) is 6.07 Å². The topological polar surface area (TPSA) is 70.2 Å². The SMILES string of the molecule is CNC(=O)c1ccccc1NC(=O)C1CCNCC1.Cl. The predicted molar refractivity (Wildman–Crippen MR) is 81.3 cm³/mol. The molecule has 1 heterocycles. The molecule has 0 radical (unpaired) electrons. The quantitative estimate of drug-likeness (QED) is 0.790. The number of piperidine rings is 1. The first kappa shape index (κ1) is 16.5. The lowest BCUT2D eigenvalue weighted by atomic mass is 9.97. The van der Waals surface area contributed by atoms with Gasteiger partial charge in [0.15, 0.2) is 0 Å². The van der Waals surface area contributed by atoms with Gasteiger partial charge in [-0.3, -0.25) is 9.59 Å². The van der Waals surface area contributed by atoms with E-state index in [9.17, 15) is 9.59 Å². The standard InChI is InChI=1S/C14H19N3O2.ClH/c1-15-14(19)11-4-2-3-5-12(11)17-13(18)10-6-8-16-9-7-10;/h2-5,10,16H,6-9H2,1H3,(H,15,19)(H,17,18);1H. The number of hydrogen-bond acceptors (Lipinski definition) is 3. The van der Waals surface area contributed by atoms with Crippen molar-refractivity contribution in [3.63, 3.8) is 0 Å². The number of nitrogens with one attached hydrogen (secondary N) is 3. The van der Waals surface area contributed by atoms with Gasteiger partial charge in [-0.25, -0.2) is 0 Å². The van der Waals surface area contributed by atoms with Crippen molar-refractivity contribution in [3.05, 3.63) is 29.8 Å². The highest BCUT2D eigenvalue weighted by atomic mass is 35.5. The van der Waals surface area contributed by atoms with Crippen molar-refractivity contribution in [1.29, 1.82) is 0 Å². The maximum absolute atomic E-state index is 12.2. The summed E-state index contributed by atoms with van der Waals surface area (Å²) in [6, 6.07) is 7.05. The first-order valence-corrected chi connectivity index (χ1v) is 6.55. The smallest absolute Gasteiger partial charge is 0.253 e. The lowest BCUT2D eigenvalue weighted by Crippen LogP contribution is -2.35. The van der Waals surface area contributed by atoms with Crippen LogP contribution in [0.1, 0.15) is 23.2 Å². The zero-order valence-corrected chi connectivity index (χ0v) is 12.3. The first-order valence-electron chi connectivity index (χ1n) is 6.55. The van der Waals surface area contributed by atoms with Crippen molar-refractivity contribution < 1.29 is 9.59 Å². The Kier molecular flexibility index (Phi) is 6.48. The third-order valence-electron chi connectivity index (χ3n) is 3.37. The second kappa shape index (κ2) is 7.87. The molecule has 1 aliphatic rings. The average molecular weight is 298 g/mol. The van der Waals surface area contributed by atoms with Crippen LogP contribution >= 0.6 is 12.4 Å². The molecule has 0 saturated carbocycles. The molecule has 1 aromatic rings. The van der Waals surface area contributed by atoms with E-state index in [1.165, 1.54) is 0 Å². The largest absolute Gasteiger partial charge is 0.355 e. The van der Waals surface area contributed by atoms with Gasteiger partial charge in [-0.1, -0.05) is 12.1 Å². The maximum Gasteiger partial charge on any atom is 0.253 e. The highest BCUT2D eigenvalue weighted by Crippen LogP contribution is 2.19.